The largest absolute Gasteiger partial charge is 0.328 e. The molecule has 2 fully saturated rings. The minimum atomic E-state index is -0.318. The number of hydrogen-bond donors (Lipinski definition) is 1. The quantitative estimate of drug-likeness (QED) is 0.637. The molecule has 2 unspecified atom stereocenters. The number of carbonyl (C=O) groups excluding carboxylic acids is 2. The summed E-state index contributed by atoms with van der Waals surface area (Å²) in [7, 11) is 1.67. The van der Waals surface area contributed by atoms with Crippen LogP contribution in [-0.4, -0.2) is 47.5 Å². The highest BCUT2D eigenvalue weighted by Gasteiger charge is 2.43. The van der Waals surface area contributed by atoms with Gasteiger partial charge in [0.2, 0.25) is 0 Å². The van der Waals surface area contributed by atoms with Crippen LogP contribution in [0.2, 0.25) is 0 Å². The van der Waals surface area contributed by atoms with E-state index in [0.717, 1.165) is 25.8 Å². The number of nitrogens with one attached hydrogen (secondary N) is 1. The number of carbonyl (C=O) groups is 2. The van der Waals surface area contributed by atoms with Crippen molar-refractivity contribution >= 4 is 11.9 Å². The van der Waals surface area contributed by atoms with Crippen LogP contribution < -0.4 is 5.32 Å². The van der Waals surface area contributed by atoms with Crippen LogP contribution in [0.4, 0.5) is 4.79 Å². The fourth-order valence-corrected chi connectivity index (χ4v) is 2.14. The molecule has 5 nitrogen and oxygen atoms in total. The van der Waals surface area contributed by atoms with Crippen LogP contribution in [0, 0.1) is 0 Å². The molecule has 2 heterocycles. The minimum Gasteiger partial charge on any atom is -0.316 e. The topological polar surface area (TPSA) is 52.7 Å². The third kappa shape index (κ3) is 1.61. The molecule has 0 aliphatic carbocycles. The van der Waals surface area contributed by atoms with E-state index in [2.05, 4.69) is 5.32 Å². The Morgan fingerprint density at radius 2 is 2.07 bits per heavy atom. The molecule has 0 spiro atoms. The first-order chi connectivity index (χ1) is 7.13. The monoisotopic (exact) mass is 211 g/mol. The highest BCUT2D eigenvalue weighted by atomic mass is 16.2. The number of hydrogen-bond acceptors (Lipinski definition) is 3. The van der Waals surface area contributed by atoms with Gasteiger partial charge in [0, 0.05) is 7.05 Å². The predicted octanol–water partition coefficient (Wildman–Crippen LogP) is 0.368. The Hall–Kier alpha value is -1.10. The molecule has 0 saturated carbocycles. The van der Waals surface area contributed by atoms with E-state index in [0.29, 0.717) is 0 Å². The van der Waals surface area contributed by atoms with Gasteiger partial charge < -0.3 is 4.90 Å². The minimum absolute atomic E-state index is 0.0816. The van der Waals surface area contributed by atoms with E-state index < -0.39 is 0 Å². The summed E-state index contributed by atoms with van der Waals surface area (Å²) in [6, 6.07) is -0.492. The Labute approximate surface area is 89.4 Å². The highest BCUT2D eigenvalue weighted by Crippen LogP contribution is 2.21. The lowest BCUT2D eigenvalue weighted by Gasteiger charge is -2.30. The lowest BCUT2D eigenvalue weighted by Crippen LogP contribution is -2.51. The zero-order chi connectivity index (χ0) is 11.0. The Kier molecular flexibility index (Phi) is 2.65. The number of rotatable bonds is 1. The van der Waals surface area contributed by atoms with E-state index >= 15 is 0 Å². The summed E-state index contributed by atoms with van der Waals surface area (Å²) >= 11 is 0. The zero-order valence-electron chi connectivity index (χ0n) is 9.19. The number of likely N-dealkylation sites (N-methyl/N-ethyl adjacent to an activating group) is 1. The first kappa shape index (κ1) is 10.4. The molecule has 1 N–H and O–H groups in total. The molecule has 2 rings (SSSR count). The predicted molar refractivity (Wildman–Crippen MR) is 55.1 cm³/mol. The van der Waals surface area contributed by atoms with Crippen molar-refractivity contribution in [3.8, 4) is 0 Å². The molecular weight excluding hydrogens is 194 g/mol. The summed E-state index contributed by atoms with van der Waals surface area (Å²) in [5.74, 6) is -0.0816. The molecule has 5 heteroatoms. The second-order valence-corrected chi connectivity index (χ2v) is 4.24. The third-order valence-corrected chi connectivity index (χ3v) is 3.28. The molecule has 2 saturated heterocycles. The van der Waals surface area contributed by atoms with Gasteiger partial charge in [0.15, 0.2) is 0 Å². The van der Waals surface area contributed by atoms with E-state index in [9.17, 15) is 9.59 Å². The molecular formula is C10H17N3O2. The smallest absolute Gasteiger partial charge is 0.316 e. The maximum absolute atomic E-state index is 11.8. The summed E-state index contributed by atoms with van der Waals surface area (Å²) in [5.41, 5.74) is 0. The normalized spacial score (nSPS) is 32.7. The van der Waals surface area contributed by atoms with Gasteiger partial charge in [0.05, 0.1) is 6.17 Å². The molecule has 2 aliphatic rings. The first-order valence-electron chi connectivity index (χ1n) is 5.46. The molecule has 0 bridgehead atoms. The summed E-state index contributed by atoms with van der Waals surface area (Å²) in [4.78, 5) is 26.5. The Bertz CT molecular complexity index is 266. The number of imide groups is 1. The molecule has 0 aromatic heterocycles. The van der Waals surface area contributed by atoms with Gasteiger partial charge in [-0.25, -0.2) is 9.69 Å². The molecule has 0 radical (unpaired) electrons. The van der Waals surface area contributed by atoms with Crippen molar-refractivity contribution in [2.45, 2.75) is 38.4 Å². The molecule has 0 aromatic rings. The average molecular weight is 211 g/mol. The summed E-state index contributed by atoms with van der Waals surface area (Å²) in [6.45, 7) is 2.66. The van der Waals surface area contributed by atoms with Crippen molar-refractivity contribution in [3.05, 3.63) is 0 Å². The average Bonchev–Trinajstić information content (AvgIpc) is 2.45. The van der Waals surface area contributed by atoms with Gasteiger partial charge in [0.25, 0.3) is 5.91 Å². The van der Waals surface area contributed by atoms with E-state index in [1.54, 1.807) is 14.0 Å². The fraction of sp³-hybridized carbons (Fsp3) is 0.800. The van der Waals surface area contributed by atoms with Crippen molar-refractivity contribution in [2.75, 3.05) is 13.6 Å². The second kappa shape index (κ2) is 3.81. The number of piperidine rings is 1. The zero-order valence-corrected chi connectivity index (χ0v) is 9.19. The third-order valence-electron chi connectivity index (χ3n) is 3.28. The van der Waals surface area contributed by atoms with E-state index in [4.69, 9.17) is 0 Å². The van der Waals surface area contributed by atoms with Crippen LogP contribution in [-0.2, 0) is 4.79 Å². The number of urea groups is 1. The first-order valence-corrected chi connectivity index (χ1v) is 5.46. The van der Waals surface area contributed by atoms with E-state index in [-0.39, 0.29) is 24.1 Å². The van der Waals surface area contributed by atoms with Crippen molar-refractivity contribution in [3.63, 3.8) is 0 Å². The van der Waals surface area contributed by atoms with Gasteiger partial charge >= 0.3 is 6.03 Å². The van der Waals surface area contributed by atoms with Crippen LogP contribution in [0.25, 0.3) is 0 Å². The molecule has 2 aliphatic heterocycles. The standard InChI is InChI=1S/C10H17N3O2/c1-7-9(14)13(10(15)12(7)2)8-5-3-4-6-11-8/h7-8,11H,3-6H2,1-2H3. The van der Waals surface area contributed by atoms with Crippen LogP contribution in [0.1, 0.15) is 26.2 Å². The van der Waals surface area contributed by atoms with Gasteiger partial charge in [-0.1, -0.05) is 0 Å². The van der Waals surface area contributed by atoms with Gasteiger partial charge in [-0.3, -0.25) is 10.1 Å². The van der Waals surface area contributed by atoms with Crippen molar-refractivity contribution < 1.29 is 9.59 Å². The lowest BCUT2D eigenvalue weighted by molar-refractivity contribution is -0.130. The van der Waals surface area contributed by atoms with Crippen LogP contribution in [0.5, 0.6) is 0 Å². The van der Waals surface area contributed by atoms with E-state index in [1.807, 2.05) is 0 Å². The van der Waals surface area contributed by atoms with Crippen molar-refractivity contribution in [1.29, 1.82) is 0 Å². The molecule has 15 heavy (non-hydrogen) atoms. The second-order valence-electron chi connectivity index (χ2n) is 4.24. The maximum atomic E-state index is 11.8. The molecule has 0 aromatic carbocycles. The summed E-state index contributed by atoms with van der Waals surface area (Å²) in [5, 5.41) is 3.22. The number of amides is 3. The summed E-state index contributed by atoms with van der Waals surface area (Å²) < 4.78 is 0. The Balaban J connectivity index is 2.14. The maximum Gasteiger partial charge on any atom is 0.328 e. The van der Waals surface area contributed by atoms with Gasteiger partial charge in [0.1, 0.15) is 6.04 Å². The van der Waals surface area contributed by atoms with Gasteiger partial charge in [-0.2, -0.15) is 0 Å². The van der Waals surface area contributed by atoms with Gasteiger partial charge in [-0.05, 0) is 32.7 Å². The molecule has 84 valence electrons. The van der Waals surface area contributed by atoms with Crippen LogP contribution in [0.3, 0.4) is 0 Å². The van der Waals surface area contributed by atoms with Crippen molar-refractivity contribution in [2.24, 2.45) is 0 Å². The van der Waals surface area contributed by atoms with E-state index in [1.165, 1.54) is 9.80 Å². The van der Waals surface area contributed by atoms with Gasteiger partial charge in [-0.15, -0.1) is 0 Å². The SMILES string of the molecule is CC1C(=O)N(C2CCCCN2)C(=O)N1C. The van der Waals surface area contributed by atoms with Crippen LogP contribution >= 0.6 is 0 Å². The Morgan fingerprint density at radius 1 is 1.33 bits per heavy atom. The van der Waals surface area contributed by atoms with Crippen molar-refractivity contribution in [1.82, 2.24) is 15.1 Å². The fourth-order valence-electron chi connectivity index (χ4n) is 2.14. The molecule has 3 amide bonds. The molecule has 2 atom stereocenters. The highest BCUT2D eigenvalue weighted by molar-refractivity contribution is 6.04. The number of nitrogens with zero attached hydrogens (tertiary/aromatic N) is 2. The lowest BCUT2D eigenvalue weighted by atomic mass is 10.1. The Morgan fingerprint density at radius 3 is 2.53 bits per heavy atom. The summed E-state index contributed by atoms with van der Waals surface area (Å²) in [6.07, 6.45) is 2.98. The van der Waals surface area contributed by atoms with Crippen LogP contribution in [0.15, 0.2) is 0 Å².